The van der Waals surface area contributed by atoms with E-state index in [9.17, 15) is 15.0 Å². The van der Waals surface area contributed by atoms with Crippen LogP contribution in [0.4, 0.5) is 0 Å². The van der Waals surface area contributed by atoms with Crippen molar-refractivity contribution in [3.63, 3.8) is 0 Å². The number of carbonyl (C=O) groups is 1. The molecule has 47 heavy (non-hydrogen) atoms. The van der Waals surface area contributed by atoms with E-state index in [1.165, 1.54) is 102 Å². The van der Waals surface area contributed by atoms with Gasteiger partial charge in [0.05, 0.1) is 7.11 Å². The van der Waals surface area contributed by atoms with Crippen LogP contribution in [0, 0.1) is 0 Å². The van der Waals surface area contributed by atoms with Crippen LogP contribution in [0.25, 0.3) is 20.5 Å². The van der Waals surface area contributed by atoms with Crippen LogP contribution in [-0.2, 0) is 0 Å². The zero-order valence-corrected chi connectivity index (χ0v) is 28.4. The smallest absolute Gasteiger partial charge is 0.195 e. The van der Waals surface area contributed by atoms with Crippen molar-refractivity contribution >= 4 is 27.2 Å². The second-order valence-electron chi connectivity index (χ2n) is 13.0. The van der Waals surface area contributed by atoms with Gasteiger partial charge in [0.2, 0.25) is 0 Å². The number of carbonyl (C=O) groups excluding carboxylic acids is 1. The van der Waals surface area contributed by atoms with Gasteiger partial charge in [-0.2, -0.15) is 0 Å². The average Bonchev–Trinajstić information content (AvgIpc) is 3.77. The Bertz CT molecular complexity index is 1600. The van der Waals surface area contributed by atoms with Crippen LogP contribution in [0.1, 0.15) is 80.1 Å². The van der Waals surface area contributed by atoms with E-state index in [2.05, 4.69) is 9.80 Å². The molecule has 3 heterocycles. The number of fused-ring (bicyclic) bond motifs is 1. The Labute approximate surface area is 282 Å². The highest BCUT2D eigenvalue weighted by molar-refractivity contribution is 7.22. The second-order valence-corrected chi connectivity index (χ2v) is 14.1. The molecule has 3 aliphatic rings. The molecule has 250 valence electrons. The van der Waals surface area contributed by atoms with Crippen molar-refractivity contribution < 1.29 is 24.5 Å². The number of ketones is 1. The van der Waals surface area contributed by atoms with Gasteiger partial charge in [-0.05, 0) is 131 Å². The zero-order chi connectivity index (χ0) is 32.6. The van der Waals surface area contributed by atoms with Crippen molar-refractivity contribution in [1.29, 1.82) is 0 Å². The van der Waals surface area contributed by atoms with E-state index in [4.69, 9.17) is 9.47 Å². The number of piperidine rings is 1. The number of hydrogen-bond acceptors (Lipinski definition) is 8. The van der Waals surface area contributed by atoms with Crippen LogP contribution < -0.4 is 9.47 Å². The van der Waals surface area contributed by atoms with Gasteiger partial charge < -0.3 is 24.6 Å². The molecule has 3 fully saturated rings. The van der Waals surface area contributed by atoms with Crippen molar-refractivity contribution in [2.45, 2.75) is 70.3 Å². The zero-order valence-electron chi connectivity index (χ0n) is 27.6. The molecule has 2 N–H and O–H groups in total. The Morgan fingerprint density at radius 1 is 0.830 bits per heavy atom. The highest BCUT2D eigenvalue weighted by Gasteiger charge is 2.24. The van der Waals surface area contributed by atoms with E-state index in [0.29, 0.717) is 17.7 Å². The highest BCUT2D eigenvalue weighted by Crippen LogP contribution is 2.42. The quantitative estimate of drug-likeness (QED) is 0.175. The van der Waals surface area contributed by atoms with Gasteiger partial charge in [-0.3, -0.25) is 9.69 Å². The van der Waals surface area contributed by atoms with E-state index in [-0.39, 0.29) is 23.0 Å². The molecule has 0 bridgehead atoms. The maximum atomic E-state index is 13.7. The minimum atomic E-state index is -0.179. The summed E-state index contributed by atoms with van der Waals surface area (Å²) in [6, 6.07) is 18.4. The van der Waals surface area contributed by atoms with Gasteiger partial charge in [0.1, 0.15) is 18.1 Å². The van der Waals surface area contributed by atoms with Crippen LogP contribution >= 0.6 is 11.3 Å². The fourth-order valence-electron chi connectivity index (χ4n) is 7.21. The lowest BCUT2D eigenvalue weighted by molar-refractivity contribution is 0.104. The number of hydrogen-bond donors (Lipinski definition) is 2. The maximum Gasteiger partial charge on any atom is 0.195 e. The summed E-state index contributed by atoms with van der Waals surface area (Å²) in [5.41, 5.74) is 1.86. The van der Waals surface area contributed by atoms with Crippen molar-refractivity contribution in [3.8, 4) is 33.4 Å². The van der Waals surface area contributed by atoms with Gasteiger partial charge in [-0.1, -0.05) is 25.7 Å². The number of ether oxygens (including phenoxy) is 2. The second kappa shape index (κ2) is 16.0. The molecule has 0 atom stereocenters. The Morgan fingerprint density at radius 2 is 1.53 bits per heavy atom. The number of likely N-dealkylation sites (tertiary alicyclic amines) is 2. The van der Waals surface area contributed by atoms with Crippen molar-refractivity contribution in [3.05, 3.63) is 71.8 Å². The summed E-state index contributed by atoms with van der Waals surface area (Å²) in [4.78, 5) is 19.7. The standard InChI is InChI=1S/C28H27NO5S.C11H21N/c1-33-24-16-19(6-11-23(24)31)27(32)26-22-10-7-20(30)17-25(22)35-28(26)18-4-8-21(9-5-18)34-15-14-29-12-2-3-13-29;1-3-7-11(8-4-1)12-9-5-2-6-10-12/h4-11,16-17,30-31H,2-3,12-15H2,1H3;11H,1-10H2. The molecule has 1 aromatic heterocycles. The van der Waals surface area contributed by atoms with Gasteiger partial charge in [0, 0.05) is 38.7 Å². The lowest BCUT2D eigenvalue weighted by atomic mass is 9.93. The number of thiophene rings is 1. The van der Waals surface area contributed by atoms with E-state index in [1.54, 1.807) is 30.3 Å². The van der Waals surface area contributed by atoms with Crippen LogP contribution in [0.3, 0.4) is 0 Å². The van der Waals surface area contributed by atoms with Crippen LogP contribution in [0.15, 0.2) is 60.7 Å². The molecule has 2 saturated heterocycles. The minimum Gasteiger partial charge on any atom is -0.508 e. The molecule has 8 heteroatoms. The lowest BCUT2D eigenvalue weighted by Gasteiger charge is -2.36. The molecule has 7 nitrogen and oxygen atoms in total. The summed E-state index contributed by atoms with van der Waals surface area (Å²) in [5.74, 6) is 0.982. The summed E-state index contributed by atoms with van der Waals surface area (Å²) >= 11 is 1.46. The van der Waals surface area contributed by atoms with Crippen LogP contribution in [-0.4, -0.2) is 78.3 Å². The largest absolute Gasteiger partial charge is 0.508 e. The maximum absolute atomic E-state index is 13.7. The van der Waals surface area contributed by atoms with Crippen LogP contribution in [0.2, 0.25) is 0 Å². The molecule has 0 unspecified atom stereocenters. The van der Waals surface area contributed by atoms with Crippen molar-refractivity contribution in [2.24, 2.45) is 0 Å². The first-order valence-electron chi connectivity index (χ1n) is 17.4. The van der Waals surface area contributed by atoms with Gasteiger partial charge in [-0.25, -0.2) is 0 Å². The molecule has 7 rings (SSSR count). The predicted molar refractivity (Wildman–Crippen MR) is 190 cm³/mol. The highest BCUT2D eigenvalue weighted by atomic mass is 32.1. The minimum absolute atomic E-state index is 0.0234. The number of methoxy groups -OCH3 is 1. The number of benzene rings is 3. The van der Waals surface area contributed by atoms with Gasteiger partial charge in [-0.15, -0.1) is 11.3 Å². The molecule has 1 aliphatic carbocycles. The summed E-state index contributed by atoms with van der Waals surface area (Å²) in [7, 11) is 1.45. The lowest BCUT2D eigenvalue weighted by Crippen LogP contribution is -2.40. The third kappa shape index (κ3) is 8.29. The van der Waals surface area contributed by atoms with E-state index in [0.717, 1.165) is 52.0 Å². The number of phenolic OH excluding ortho intramolecular Hbond substituents is 2. The van der Waals surface area contributed by atoms with Crippen molar-refractivity contribution in [2.75, 3.05) is 46.4 Å². The molecular weight excluding hydrogens is 609 g/mol. The summed E-state index contributed by atoms with van der Waals surface area (Å²) in [5, 5.41) is 20.7. The fourth-order valence-corrected chi connectivity index (χ4v) is 8.45. The van der Waals surface area contributed by atoms with E-state index >= 15 is 0 Å². The summed E-state index contributed by atoms with van der Waals surface area (Å²) < 4.78 is 12.0. The SMILES string of the molecule is C1CCC(N2CCCCC2)CC1.COc1cc(C(=O)c2c(-c3ccc(OCCN4CCCC4)cc3)sc3cc(O)ccc23)ccc1O. The molecule has 0 amide bonds. The summed E-state index contributed by atoms with van der Waals surface area (Å²) in [6.07, 6.45) is 14.3. The Hall–Kier alpha value is -3.59. The van der Waals surface area contributed by atoms with E-state index in [1.807, 2.05) is 24.3 Å². The number of nitrogens with zero attached hydrogens (tertiary/aromatic N) is 2. The predicted octanol–water partition coefficient (Wildman–Crippen LogP) is 8.50. The normalized spacial score (nSPS) is 17.7. The van der Waals surface area contributed by atoms with Crippen LogP contribution in [0.5, 0.6) is 23.0 Å². The molecule has 0 spiro atoms. The first kappa shape index (κ1) is 33.3. The molecule has 4 aromatic rings. The monoisotopic (exact) mass is 656 g/mol. The Balaban J connectivity index is 0.000000269. The van der Waals surface area contributed by atoms with Gasteiger partial charge in [0.15, 0.2) is 17.3 Å². The number of phenols is 2. The first-order valence-corrected chi connectivity index (χ1v) is 18.2. The molecule has 0 radical (unpaired) electrons. The molecule has 3 aromatic carbocycles. The average molecular weight is 657 g/mol. The third-order valence-corrected chi connectivity index (χ3v) is 11.0. The number of rotatable bonds is 9. The van der Waals surface area contributed by atoms with Gasteiger partial charge in [0.25, 0.3) is 0 Å². The fraction of sp³-hybridized carbons (Fsp3) is 0.462. The summed E-state index contributed by atoms with van der Waals surface area (Å²) in [6.45, 7) is 6.65. The first-order chi connectivity index (χ1) is 23.0. The van der Waals surface area contributed by atoms with Crippen molar-refractivity contribution in [1.82, 2.24) is 9.80 Å². The molecule has 2 aliphatic heterocycles. The molecule has 1 saturated carbocycles. The van der Waals surface area contributed by atoms with Gasteiger partial charge >= 0.3 is 0 Å². The Kier molecular flexibility index (Phi) is 11.3. The number of aromatic hydroxyl groups is 2. The Morgan fingerprint density at radius 3 is 2.26 bits per heavy atom. The third-order valence-electron chi connectivity index (χ3n) is 9.82. The molecular formula is C39H48N2O5S. The topological polar surface area (TPSA) is 82.5 Å². The van der Waals surface area contributed by atoms with E-state index < -0.39 is 0 Å².